The number of aliphatic hydroxyl groups is 1. The minimum atomic E-state index is -0.793. The van der Waals surface area contributed by atoms with E-state index in [1.165, 1.54) is 0 Å². The summed E-state index contributed by atoms with van der Waals surface area (Å²) in [5.74, 6) is 1.39. The normalized spacial score (nSPS) is 12.0. The topological polar surface area (TPSA) is 97.5 Å². The Hall–Kier alpha value is -3.19. The molecular weight excluding hydrogens is 382 g/mol. The summed E-state index contributed by atoms with van der Waals surface area (Å²) in [6.45, 7) is 6.04. The first-order valence-electron chi connectivity index (χ1n) is 10.0. The highest BCUT2D eigenvalue weighted by atomic mass is 16.5. The van der Waals surface area contributed by atoms with Gasteiger partial charge >= 0.3 is 0 Å². The van der Waals surface area contributed by atoms with Crippen molar-refractivity contribution in [3.63, 3.8) is 0 Å². The van der Waals surface area contributed by atoms with Gasteiger partial charge in [-0.3, -0.25) is 4.79 Å². The highest BCUT2D eigenvalue weighted by Gasteiger charge is 2.13. The van der Waals surface area contributed by atoms with E-state index in [1.54, 1.807) is 12.1 Å². The fourth-order valence-corrected chi connectivity index (χ4v) is 2.85. The molecule has 1 atom stereocenters. The summed E-state index contributed by atoms with van der Waals surface area (Å²) in [7, 11) is 0. The van der Waals surface area contributed by atoms with Crippen molar-refractivity contribution in [3.05, 3.63) is 65.5 Å². The molecule has 1 aromatic heterocycles. The zero-order valence-corrected chi connectivity index (χ0v) is 17.5. The Labute approximate surface area is 176 Å². The fourth-order valence-electron chi connectivity index (χ4n) is 2.85. The molecule has 0 aliphatic heterocycles. The van der Waals surface area contributed by atoms with Gasteiger partial charge in [0.25, 0.3) is 0 Å². The molecule has 2 aromatic carbocycles. The summed E-state index contributed by atoms with van der Waals surface area (Å²) in [5.41, 5.74) is 2.71. The van der Waals surface area contributed by atoms with Gasteiger partial charge in [0, 0.05) is 24.9 Å². The fraction of sp³-hybridized carbons (Fsp3) is 0.348. The zero-order valence-electron chi connectivity index (χ0n) is 17.5. The second-order valence-corrected chi connectivity index (χ2v) is 7.42. The standard InChI is InChI=1S/C23H27N3O4/c1-15(2)29-19-10-8-17(9-11-19)20(27)14-24-21(28)12-13-22-25-26-23(30-22)18-6-4-16(3)5-7-18/h4-11,15,20,27H,12-14H2,1-3H3,(H,24,28). The van der Waals surface area contributed by atoms with E-state index in [2.05, 4.69) is 15.5 Å². The molecule has 2 N–H and O–H groups in total. The highest BCUT2D eigenvalue weighted by molar-refractivity contribution is 5.76. The molecule has 3 aromatic rings. The largest absolute Gasteiger partial charge is 0.491 e. The average Bonchev–Trinajstić information content (AvgIpc) is 3.20. The summed E-state index contributed by atoms with van der Waals surface area (Å²) in [4.78, 5) is 12.1. The molecule has 0 saturated carbocycles. The van der Waals surface area contributed by atoms with Crippen LogP contribution in [-0.4, -0.2) is 33.9 Å². The molecule has 7 heteroatoms. The van der Waals surface area contributed by atoms with E-state index in [4.69, 9.17) is 9.15 Å². The van der Waals surface area contributed by atoms with Crippen LogP contribution in [0.4, 0.5) is 0 Å². The number of nitrogens with zero attached hydrogens (tertiary/aromatic N) is 2. The Morgan fingerprint density at radius 2 is 1.80 bits per heavy atom. The van der Waals surface area contributed by atoms with Crippen molar-refractivity contribution in [1.29, 1.82) is 0 Å². The van der Waals surface area contributed by atoms with Crippen LogP contribution in [0.25, 0.3) is 11.5 Å². The van der Waals surface area contributed by atoms with E-state index < -0.39 is 6.10 Å². The van der Waals surface area contributed by atoms with Gasteiger partial charge in [-0.05, 0) is 50.6 Å². The van der Waals surface area contributed by atoms with Crippen LogP contribution in [0.5, 0.6) is 5.75 Å². The van der Waals surface area contributed by atoms with E-state index in [9.17, 15) is 9.90 Å². The SMILES string of the molecule is Cc1ccc(-c2nnc(CCC(=O)NCC(O)c3ccc(OC(C)C)cc3)o2)cc1. The number of hydrogen-bond donors (Lipinski definition) is 2. The van der Waals surface area contributed by atoms with Crippen molar-refractivity contribution in [2.45, 2.75) is 45.8 Å². The van der Waals surface area contributed by atoms with Crippen molar-refractivity contribution in [2.75, 3.05) is 6.54 Å². The number of hydrogen-bond acceptors (Lipinski definition) is 6. The Kier molecular flexibility index (Phi) is 7.19. The van der Waals surface area contributed by atoms with Gasteiger partial charge in [-0.25, -0.2) is 0 Å². The lowest BCUT2D eigenvalue weighted by Gasteiger charge is -2.14. The number of benzene rings is 2. The van der Waals surface area contributed by atoms with Crippen LogP contribution in [0.3, 0.4) is 0 Å². The Morgan fingerprint density at radius 3 is 2.47 bits per heavy atom. The quantitative estimate of drug-likeness (QED) is 0.560. The third kappa shape index (κ3) is 6.15. The summed E-state index contributed by atoms with van der Waals surface area (Å²) in [6, 6.07) is 15.0. The molecule has 1 amide bonds. The number of amides is 1. The van der Waals surface area contributed by atoms with Crippen molar-refractivity contribution in [2.24, 2.45) is 0 Å². The Bertz CT molecular complexity index is 949. The summed E-state index contributed by atoms with van der Waals surface area (Å²) >= 11 is 0. The first-order valence-corrected chi connectivity index (χ1v) is 10.0. The third-order valence-electron chi connectivity index (χ3n) is 4.46. The molecular formula is C23H27N3O4. The number of ether oxygens (including phenoxy) is 1. The van der Waals surface area contributed by atoms with Crippen LogP contribution in [0.2, 0.25) is 0 Å². The molecule has 0 aliphatic carbocycles. The maximum atomic E-state index is 12.1. The first kappa shape index (κ1) is 21.5. The van der Waals surface area contributed by atoms with Crippen LogP contribution in [0.15, 0.2) is 52.9 Å². The molecule has 0 spiro atoms. The number of aryl methyl sites for hydroxylation is 2. The molecule has 0 radical (unpaired) electrons. The molecule has 7 nitrogen and oxygen atoms in total. The second-order valence-electron chi connectivity index (χ2n) is 7.42. The van der Waals surface area contributed by atoms with E-state index in [0.29, 0.717) is 23.8 Å². The van der Waals surface area contributed by atoms with E-state index in [0.717, 1.165) is 16.9 Å². The molecule has 0 aliphatic rings. The first-order chi connectivity index (χ1) is 14.4. The van der Waals surface area contributed by atoms with E-state index in [-0.39, 0.29) is 25.0 Å². The number of aromatic nitrogens is 2. The number of carbonyl (C=O) groups is 1. The third-order valence-corrected chi connectivity index (χ3v) is 4.46. The molecule has 0 bridgehead atoms. The number of carbonyl (C=O) groups excluding carboxylic acids is 1. The lowest BCUT2D eigenvalue weighted by Crippen LogP contribution is -2.28. The molecule has 1 unspecified atom stereocenters. The van der Waals surface area contributed by atoms with Crippen molar-refractivity contribution < 1.29 is 19.1 Å². The summed E-state index contributed by atoms with van der Waals surface area (Å²) < 4.78 is 11.2. The molecule has 0 saturated heterocycles. The molecule has 158 valence electrons. The Morgan fingerprint density at radius 1 is 1.10 bits per heavy atom. The number of aliphatic hydroxyl groups excluding tert-OH is 1. The lowest BCUT2D eigenvalue weighted by molar-refractivity contribution is -0.121. The van der Waals surface area contributed by atoms with Crippen LogP contribution < -0.4 is 10.1 Å². The Balaban J connectivity index is 1.44. The van der Waals surface area contributed by atoms with Crippen LogP contribution in [0.1, 0.15) is 43.4 Å². The highest BCUT2D eigenvalue weighted by Crippen LogP contribution is 2.20. The molecule has 0 fully saturated rings. The van der Waals surface area contributed by atoms with E-state index in [1.807, 2.05) is 57.2 Å². The smallest absolute Gasteiger partial charge is 0.247 e. The van der Waals surface area contributed by atoms with Gasteiger partial charge in [-0.1, -0.05) is 29.8 Å². The summed E-state index contributed by atoms with van der Waals surface area (Å²) in [6.07, 6.45) is -0.170. The van der Waals surface area contributed by atoms with Crippen LogP contribution in [0, 0.1) is 6.92 Å². The summed E-state index contributed by atoms with van der Waals surface area (Å²) in [5, 5.41) is 21.0. The van der Waals surface area contributed by atoms with Crippen LogP contribution in [-0.2, 0) is 11.2 Å². The van der Waals surface area contributed by atoms with Gasteiger partial charge in [0.1, 0.15) is 5.75 Å². The second kappa shape index (κ2) is 10.0. The predicted octanol–water partition coefficient (Wildman–Crippen LogP) is 3.61. The molecule has 1 heterocycles. The van der Waals surface area contributed by atoms with Gasteiger partial charge in [0.05, 0.1) is 12.2 Å². The van der Waals surface area contributed by atoms with Crippen molar-refractivity contribution >= 4 is 5.91 Å². The monoisotopic (exact) mass is 409 g/mol. The maximum Gasteiger partial charge on any atom is 0.247 e. The maximum absolute atomic E-state index is 12.1. The van der Waals surface area contributed by atoms with Crippen LogP contribution >= 0.6 is 0 Å². The molecule has 30 heavy (non-hydrogen) atoms. The lowest BCUT2D eigenvalue weighted by atomic mass is 10.1. The van der Waals surface area contributed by atoms with Gasteiger partial charge in [0.2, 0.25) is 17.7 Å². The van der Waals surface area contributed by atoms with Gasteiger partial charge < -0.3 is 19.6 Å². The zero-order chi connectivity index (χ0) is 21.5. The van der Waals surface area contributed by atoms with Gasteiger partial charge in [-0.15, -0.1) is 10.2 Å². The number of nitrogens with one attached hydrogen (secondary N) is 1. The van der Waals surface area contributed by atoms with Crippen molar-refractivity contribution in [1.82, 2.24) is 15.5 Å². The van der Waals surface area contributed by atoms with Gasteiger partial charge in [0.15, 0.2) is 0 Å². The predicted molar refractivity (Wildman–Crippen MR) is 113 cm³/mol. The average molecular weight is 409 g/mol. The number of rotatable bonds is 9. The minimum absolute atomic E-state index is 0.0897. The van der Waals surface area contributed by atoms with Crippen molar-refractivity contribution in [3.8, 4) is 17.2 Å². The molecule has 3 rings (SSSR count). The van der Waals surface area contributed by atoms with Gasteiger partial charge in [-0.2, -0.15) is 0 Å². The minimum Gasteiger partial charge on any atom is -0.491 e. The van der Waals surface area contributed by atoms with E-state index >= 15 is 0 Å².